The minimum atomic E-state index is -2.17. The van der Waals surface area contributed by atoms with Gasteiger partial charge in [-0.25, -0.2) is 4.79 Å². The fourth-order valence-corrected chi connectivity index (χ4v) is 7.85. The molecule has 0 radical (unpaired) electrons. The van der Waals surface area contributed by atoms with Gasteiger partial charge in [0.05, 0.1) is 35.2 Å². The second-order valence-electron chi connectivity index (χ2n) is 14.4. The zero-order valence-electron chi connectivity index (χ0n) is 25.8. The van der Waals surface area contributed by atoms with Crippen molar-refractivity contribution in [1.82, 2.24) is 10.3 Å². The topological polar surface area (TPSA) is 127 Å². The first kappa shape index (κ1) is 31.6. The first-order chi connectivity index (χ1) is 17.7. The zero-order chi connectivity index (χ0) is 29.7. The lowest BCUT2D eigenvalue weighted by Crippen LogP contribution is -2.62. The number of carboxylic acid groups (broad SMARTS) is 1. The van der Waals surface area contributed by atoms with Gasteiger partial charge in [0, 0.05) is 30.8 Å². The van der Waals surface area contributed by atoms with Crippen LogP contribution in [0.4, 0.5) is 10.5 Å². The predicted octanol–water partition coefficient (Wildman–Crippen LogP) is 5.67. The van der Waals surface area contributed by atoms with Crippen LogP contribution in [0.3, 0.4) is 0 Å². The van der Waals surface area contributed by atoms with E-state index in [1.165, 1.54) is 0 Å². The second kappa shape index (κ2) is 10.8. The van der Waals surface area contributed by atoms with E-state index in [1.54, 1.807) is 6.20 Å². The van der Waals surface area contributed by atoms with E-state index >= 15 is 0 Å². The summed E-state index contributed by atoms with van der Waals surface area (Å²) >= 11 is 0. The van der Waals surface area contributed by atoms with Crippen molar-refractivity contribution in [3.05, 3.63) is 23.0 Å². The van der Waals surface area contributed by atoms with Gasteiger partial charge < -0.3 is 29.9 Å². The largest absolute Gasteiger partial charge is 0.465 e. The Hall–Kier alpha value is -1.96. The minimum Gasteiger partial charge on any atom is -0.465 e. The Bertz CT molecular complexity index is 1100. The summed E-state index contributed by atoms with van der Waals surface area (Å²) in [5.74, 6) is -0.529. The molecule has 2 aliphatic rings. The van der Waals surface area contributed by atoms with Crippen molar-refractivity contribution < 1.29 is 23.5 Å². The lowest BCUT2D eigenvalue weighted by Gasteiger charge is -2.48. The van der Waals surface area contributed by atoms with Crippen molar-refractivity contribution in [1.29, 1.82) is 0 Å². The number of anilines is 1. The molecule has 1 aromatic heterocycles. The number of aromatic nitrogens is 1. The number of pyridine rings is 1. The molecule has 2 amide bonds. The van der Waals surface area contributed by atoms with Crippen LogP contribution in [0.2, 0.25) is 36.3 Å². The summed E-state index contributed by atoms with van der Waals surface area (Å²) in [6.45, 7) is 25.1. The van der Waals surface area contributed by atoms with Gasteiger partial charge in [-0.2, -0.15) is 0 Å². The normalized spacial score (nSPS) is 24.4. The molecular formula is C28H50N4O5Si2. The van der Waals surface area contributed by atoms with Gasteiger partial charge in [-0.15, -0.1) is 0 Å². The molecule has 0 bridgehead atoms. The van der Waals surface area contributed by atoms with Crippen LogP contribution in [0.15, 0.2) is 6.20 Å². The molecule has 0 aromatic carbocycles. The third-order valence-electron chi connectivity index (χ3n) is 9.40. The quantitative estimate of drug-likeness (QED) is 0.356. The van der Waals surface area contributed by atoms with E-state index in [-0.39, 0.29) is 28.2 Å². The molecule has 0 unspecified atom stereocenters. The SMILES string of the molecule is C[C@H]1CN(c2c(C(N)=O)cnc3c2CC[C@H]3O[Si](C)(C)C(C)(C)C)C[C@@H](NC(=O)O)[C@@H]1O[Si](C)(C)C(C)(C)C. The molecule has 11 heteroatoms. The van der Waals surface area contributed by atoms with E-state index in [4.69, 9.17) is 19.6 Å². The number of amides is 2. The molecule has 4 N–H and O–H groups in total. The van der Waals surface area contributed by atoms with Crippen molar-refractivity contribution >= 4 is 34.3 Å². The Morgan fingerprint density at radius 2 is 1.62 bits per heavy atom. The highest BCUT2D eigenvalue weighted by atomic mass is 28.4. The molecule has 220 valence electrons. The van der Waals surface area contributed by atoms with Crippen LogP contribution in [-0.4, -0.2) is 64.0 Å². The lowest BCUT2D eigenvalue weighted by molar-refractivity contribution is 0.0720. The third-order valence-corrected chi connectivity index (χ3v) is 18.4. The third kappa shape index (κ3) is 6.52. The van der Waals surface area contributed by atoms with E-state index in [2.05, 4.69) is 84.9 Å². The maximum absolute atomic E-state index is 12.6. The molecule has 9 nitrogen and oxygen atoms in total. The molecule has 0 spiro atoms. The van der Waals surface area contributed by atoms with Crippen LogP contribution in [0.5, 0.6) is 0 Å². The number of hydrogen-bond donors (Lipinski definition) is 3. The maximum Gasteiger partial charge on any atom is 0.405 e. The zero-order valence-corrected chi connectivity index (χ0v) is 27.8. The van der Waals surface area contributed by atoms with E-state index < -0.39 is 34.7 Å². The van der Waals surface area contributed by atoms with Crippen molar-refractivity contribution in [2.75, 3.05) is 18.0 Å². The number of rotatable bonds is 7. The number of nitrogens with one attached hydrogen (secondary N) is 1. The van der Waals surface area contributed by atoms with E-state index in [0.717, 1.165) is 29.8 Å². The maximum atomic E-state index is 12.6. The summed E-state index contributed by atoms with van der Waals surface area (Å²) < 4.78 is 13.6. The van der Waals surface area contributed by atoms with Crippen molar-refractivity contribution in [3.63, 3.8) is 0 Å². The summed E-state index contributed by atoms with van der Waals surface area (Å²) in [7, 11) is -4.22. The number of piperidine rings is 1. The van der Waals surface area contributed by atoms with E-state index in [0.29, 0.717) is 18.7 Å². The van der Waals surface area contributed by atoms with Gasteiger partial charge in [0.2, 0.25) is 0 Å². The van der Waals surface area contributed by atoms with Gasteiger partial charge in [-0.05, 0) is 49.1 Å². The summed E-state index contributed by atoms with van der Waals surface area (Å²) in [5.41, 5.74) is 8.85. The van der Waals surface area contributed by atoms with Gasteiger partial charge in [-0.3, -0.25) is 9.78 Å². The average Bonchev–Trinajstić information content (AvgIpc) is 3.15. The molecule has 2 heterocycles. The highest BCUT2D eigenvalue weighted by Gasteiger charge is 2.46. The van der Waals surface area contributed by atoms with Crippen LogP contribution in [0.1, 0.15) is 82.6 Å². The molecular weight excluding hydrogens is 529 g/mol. The van der Waals surface area contributed by atoms with E-state index in [9.17, 15) is 14.7 Å². The van der Waals surface area contributed by atoms with Crippen molar-refractivity contribution in [2.24, 2.45) is 11.7 Å². The highest BCUT2D eigenvalue weighted by molar-refractivity contribution is 6.74. The standard InChI is InChI=1S/C28H50N4O5Si2/c1-17-15-32(16-20(31-26(34)35)24(17)37-39(10,11)28(5,6)7)23-18-12-13-21(36-38(8,9)27(2,3)4)22(18)30-14-19(23)25(29)33/h14,17,20-21,24,31H,12-13,15-16H2,1-11H3,(H2,29,33)(H,34,35)/t17-,20+,21+,24+/m0/s1. The smallest absolute Gasteiger partial charge is 0.405 e. The lowest BCUT2D eigenvalue weighted by atomic mass is 9.91. The average molecular weight is 579 g/mol. The number of primary amides is 1. The Labute approximate surface area is 236 Å². The fourth-order valence-electron chi connectivity index (χ4n) is 5.13. The number of fused-ring (bicyclic) bond motifs is 1. The number of hydrogen-bond acceptors (Lipinski definition) is 6. The molecule has 3 rings (SSSR count). The second-order valence-corrected chi connectivity index (χ2v) is 23.9. The first-order valence-corrected chi connectivity index (χ1v) is 19.9. The molecule has 0 saturated carbocycles. The molecule has 4 atom stereocenters. The van der Waals surface area contributed by atoms with Gasteiger partial charge in [-0.1, -0.05) is 48.5 Å². The summed E-state index contributed by atoms with van der Waals surface area (Å²) in [4.78, 5) is 31.3. The van der Waals surface area contributed by atoms with Crippen LogP contribution < -0.4 is 16.0 Å². The van der Waals surface area contributed by atoms with Gasteiger partial charge in [0.25, 0.3) is 5.91 Å². The molecule has 1 aliphatic heterocycles. The Morgan fingerprint density at radius 3 is 2.13 bits per heavy atom. The highest BCUT2D eigenvalue weighted by Crippen LogP contribution is 2.46. The Kier molecular flexibility index (Phi) is 8.74. The summed E-state index contributed by atoms with van der Waals surface area (Å²) in [6.07, 6.45) is 1.60. The van der Waals surface area contributed by atoms with Crippen LogP contribution in [-0.2, 0) is 15.3 Å². The van der Waals surface area contributed by atoms with Crippen molar-refractivity contribution in [2.45, 2.75) is 116 Å². The number of nitrogens with zero attached hydrogens (tertiary/aromatic N) is 2. The predicted molar refractivity (Wildman–Crippen MR) is 160 cm³/mol. The summed E-state index contributed by atoms with van der Waals surface area (Å²) in [5, 5.41) is 12.5. The molecule has 39 heavy (non-hydrogen) atoms. The molecule has 1 fully saturated rings. The Morgan fingerprint density at radius 1 is 1.05 bits per heavy atom. The van der Waals surface area contributed by atoms with Gasteiger partial charge in [0.15, 0.2) is 16.6 Å². The van der Waals surface area contributed by atoms with Crippen LogP contribution in [0.25, 0.3) is 0 Å². The molecule has 1 aromatic rings. The summed E-state index contributed by atoms with van der Waals surface area (Å²) in [6, 6.07) is -0.467. The number of carbonyl (C=O) groups is 2. The minimum absolute atomic E-state index is 0.00921. The van der Waals surface area contributed by atoms with Crippen LogP contribution in [0, 0.1) is 5.92 Å². The number of nitrogens with two attached hydrogens (primary N) is 1. The molecule has 1 aliphatic carbocycles. The monoisotopic (exact) mass is 578 g/mol. The first-order valence-electron chi connectivity index (χ1n) is 14.1. The number of carbonyl (C=O) groups excluding carboxylic acids is 1. The van der Waals surface area contributed by atoms with E-state index in [1.807, 2.05) is 0 Å². The van der Waals surface area contributed by atoms with Crippen LogP contribution >= 0.6 is 0 Å². The van der Waals surface area contributed by atoms with Crippen molar-refractivity contribution in [3.8, 4) is 0 Å². The Balaban J connectivity index is 2.01. The van der Waals surface area contributed by atoms with Gasteiger partial charge >= 0.3 is 6.09 Å². The molecule has 1 saturated heterocycles. The fraction of sp³-hybridized carbons (Fsp3) is 0.750. The van der Waals surface area contributed by atoms with Gasteiger partial charge in [0.1, 0.15) is 0 Å².